The number of benzene rings is 1. The summed E-state index contributed by atoms with van der Waals surface area (Å²) >= 11 is 0. The first-order valence-corrected chi connectivity index (χ1v) is 6.99. The maximum atomic E-state index is 13.6. The number of methoxy groups -OCH3 is 2. The zero-order chi connectivity index (χ0) is 15.3. The largest absolute Gasteiger partial charge is 0.492 e. The molecule has 20 heavy (non-hydrogen) atoms. The van der Waals surface area contributed by atoms with Gasteiger partial charge in [0.15, 0.2) is 11.6 Å². The van der Waals surface area contributed by atoms with Crippen LogP contribution < -0.4 is 15.2 Å². The van der Waals surface area contributed by atoms with Gasteiger partial charge in [-0.25, -0.2) is 17.5 Å². The molecule has 0 fully saturated rings. The van der Waals surface area contributed by atoms with E-state index in [1.807, 2.05) is 0 Å². The number of anilines is 1. The lowest BCUT2D eigenvalue weighted by atomic mass is 10.3. The predicted octanol–water partition coefficient (Wildman–Crippen LogP) is 0.258. The van der Waals surface area contributed by atoms with Gasteiger partial charge in [0.05, 0.1) is 31.2 Å². The van der Waals surface area contributed by atoms with E-state index in [-0.39, 0.29) is 29.3 Å². The Morgan fingerprint density at radius 1 is 1.40 bits per heavy atom. The summed E-state index contributed by atoms with van der Waals surface area (Å²) in [4.78, 5) is 10.5. The molecule has 1 rings (SSSR count). The number of nitrogen functional groups attached to an aromatic ring is 1. The fraction of sp³-hybridized carbons (Fsp3) is 0.364. The standard InChI is InChI=1S/C11H15FN2O5S/c1-18-10(15)3-4-14-20(16,17)7-5-8(12)11(19-2)9(13)6-7/h5-6,14H,3-4,13H2,1-2H3. The van der Waals surface area contributed by atoms with Crippen molar-refractivity contribution in [2.24, 2.45) is 0 Å². The van der Waals surface area contributed by atoms with Gasteiger partial charge in [-0.2, -0.15) is 0 Å². The van der Waals surface area contributed by atoms with E-state index in [2.05, 4.69) is 9.46 Å². The molecule has 0 aliphatic heterocycles. The molecule has 0 aliphatic rings. The molecule has 0 radical (unpaired) electrons. The van der Waals surface area contributed by atoms with Gasteiger partial charge in [-0.1, -0.05) is 0 Å². The maximum absolute atomic E-state index is 13.6. The summed E-state index contributed by atoms with van der Waals surface area (Å²) in [5.74, 6) is -1.67. The van der Waals surface area contributed by atoms with E-state index < -0.39 is 21.8 Å². The highest BCUT2D eigenvalue weighted by Gasteiger charge is 2.19. The van der Waals surface area contributed by atoms with E-state index in [0.717, 1.165) is 12.1 Å². The van der Waals surface area contributed by atoms with E-state index >= 15 is 0 Å². The van der Waals surface area contributed by atoms with E-state index in [4.69, 9.17) is 10.5 Å². The Morgan fingerprint density at radius 3 is 2.55 bits per heavy atom. The number of nitrogens with two attached hydrogens (primary N) is 1. The highest BCUT2D eigenvalue weighted by Crippen LogP contribution is 2.28. The molecular weight excluding hydrogens is 291 g/mol. The number of nitrogens with one attached hydrogen (secondary N) is 1. The van der Waals surface area contributed by atoms with Crippen molar-refractivity contribution in [1.29, 1.82) is 0 Å². The lowest BCUT2D eigenvalue weighted by Crippen LogP contribution is -2.26. The second-order valence-corrected chi connectivity index (χ2v) is 5.52. The molecule has 0 aromatic heterocycles. The lowest BCUT2D eigenvalue weighted by Gasteiger charge is -2.10. The smallest absolute Gasteiger partial charge is 0.306 e. The minimum Gasteiger partial charge on any atom is -0.492 e. The summed E-state index contributed by atoms with van der Waals surface area (Å²) < 4.78 is 48.5. The summed E-state index contributed by atoms with van der Waals surface area (Å²) in [6.07, 6.45) is -0.135. The average molecular weight is 306 g/mol. The van der Waals surface area contributed by atoms with Crippen LogP contribution in [0.15, 0.2) is 17.0 Å². The molecule has 1 aromatic rings. The van der Waals surface area contributed by atoms with Gasteiger partial charge < -0.3 is 15.2 Å². The highest BCUT2D eigenvalue weighted by atomic mass is 32.2. The first-order valence-electron chi connectivity index (χ1n) is 5.51. The van der Waals surface area contributed by atoms with Crippen molar-refractivity contribution in [3.8, 4) is 5.75 Å². The predicted molar refractivity (Wildman–Crippen MR) is 69.2 cm³/mol. The van der Waals surface area contributed by atoms with Crippen LogP contribution in [0.2, 0.25) is 0 Å². The number of rotatable bonds is 6. The van der Waals surface area contributed by atoms with Crippen LogP contribution in [0.3, 0.4) is 0 Å². The van der Waals surface area contributed by atoms with Crippen molar-refractivity contribution in [2.45, 2.75) is 11.3 Å². The van der Waals surface area contributed by atoms with Gasteiger partial charge in [-0.05, 0) is 12.1 Å². The fourth-order valence-electron chi connectivity index (χ4n) is 1.43. The maximum Gasteiger partial charge on any atom is 0.306 e. The Bertz CT molecular complexity index is 580. The molecule has 0 heterocycles. The topological polar surface area (TPSA) is 108 Å². The molecule has 112 valence electrons. The number of carbonyl (C=O) groups is 1. The molecule has 0 saturated carbocycles. The number of sulfonamides is 1. The summed E-state index contributed by atoms with van der Waals surface area (Å²) in [6, 6.07) is 1.86. The van der Waals surface area contributed by atoms with Crippen molar-refractivity contribution in [3.63, 3.8) is 0 Å². The minimum absolute atomic E-state index is 0.135. The van der Waals surface area contributed by atoms with Crippen molar-refractivity contribution < 1.29 is 27.1 Å². The van der Waals surface area contributed by atoms with E-state index in [0.29, 0.717) is 0 Å². The first kappa shape index (κ1) is 16.2. The molecular formula is C11H15FN2O5S. The normalized spacial score (nSPS) is 11.2. The Kier molecular flexibility index (Phi) is 5.28. The lowest BCUT2D eigenvalue weighted by molar-refractivity contribution is -0.140. The van der Waals surface area contributed by atoms with Crippen molar-refractivity contribution >= 4 is 21.7 Å². The van der Waals surface area contributed by atoms with Crippen LogP contribution in [-0.4, -0.2) is 35.2 Å². The van der Waals surface area contributed by atoms with Crippen LogP contribution in [0.4, 0.5) is 10.1 Å². The fourth-order valence-corrected chi connectivity index (χ4v) is 2.51. The molecule has 1 aromatic carbocycles. The van der Waals surface area contributed by atoms with Crippen LogP contribution in [0.1, 0.15) is 6.42 Å². The van der Waals surface area contributed by atoms with Crippen molar-refractivity contribution in [1.82, 2.24) is 4.72 Å². The van der Waals surface area contributed by atoms with Crippen molar-refractivity contribution in [3.05, 3.63) is 17.9 Å². The Hall–Kier alpha value is -1.87. The molecule has 7 nitrogen and oxygen atoms in total. The van der Waals surface area contributed by atoms with Crippen LogP contribution >= 0.6 is 0 Å². The third-order valence-electron chi connectivity index (χ3n) is 2.41. The van der Waals surface area contributed by atoms with Gasteiger partial charge in [-0.3, -0.25) is 4.79 Å². The van der Waals surface area contributed by atoms with Crippen molar-refractivity contribution in [2.75, 3.05) is 26.5 Å². The quantitative estimate of drug-likeness (QED) is 0.576. The monoisotopic (exact) mass is 306 g/mol. The summed E-state index contributed by atoms with van der Waals surface area (Å²) in [6.45, 7) is -0.164. The number of ether oxygens (including phenoxy) is 2. The van der Waals surface area contributed by atoms with E-state index in [1.165, 1.54) is 14.2 Å². The third-order valence-corrected chi connectivity index (χ3v) is 3.85. The molecule has 0 spiro atoms. The molecule has 0 atom stereocenters. The van der Waals surface area contributed by atoms with Gasteiger partial charge in [-0.15, -0.1) is 0 Å². The molecule has 9 heteroatoms. The second kappa shape index (κ2) is 6.53. The Morgan fingerprint density at radius 2 is 2.05 bits per heavy atom. The van der Waals surface area contributed by atoms with Gasteiger partial charge >= 0.3 is 5.97 Å². The SMILES string of the molecule is COC(=O)CCNS(=O)(=O)c1cc(N)c(OC)c(F)c1. The molecule has 0 saturated heterocycles. The third kappa shape index (κ3) is 3.81. The number of hydrogen-bond donors (Lipinski definition) is 2. The average Bonchev–Trinajstić information content (AvgIpc) is 2.37. The second-order valence-electron chi connectivity index (χ2n) is 3.75. The van der Waals surface area contributed by atoms with E-state index in [9.17, 15) is 17.6 Å². The molecule has 0 aliphatic carbocycles. The van der Waals surface area contributed by atoms with Gasteiger partial charge in [0, 0.05) is 6.54 Å². The molecule has 3 N–H and O–H groups in total. The zero-order valence-corrected chi connectivity index (χ0v) is 11.8. The number of hydrogen-bond acceptors (Lipinski definition) is 6. The summed E-state index contributed by atoms with van der Waals surface area (Å²) in [5.41, 5.74) is 5.36. The van der Waals surface area contributed by atoms with Crippen LogP contribution in [0.5, 0.6) is 5.75 Å². The van der Waals surface area contributed by atoms with Gasteiger partial charge in [0.2, 0.25) is 10.0 Å². The molecule has 0 amide bonds. The van der Waals surface area contributed by atoms with Gasteiger partial charge in [0.25, 0.3) is 0 Å². The molecule has 0 unspecified atom stereocenters. The van der Waals surface area contributed by atoms with Crippen LogP contribution in [0.25, 0.3) is 0 Å². The molecule has 0 bridgehead atoms. The first-order chi connectivity index (χ1) is 9.31. The number of esters is 1. The minimum atomic E-state index is -3.97. The summed E-state index contributed by atoms with van der Waals surface area (Å²) in [7, 11) is -1.56. The zero-order valence-electron chi connectivity index (χ0n) is 11.0. The van der Waals surface area contributed by atoms with Crippen LogP contribution in [-0.2, 0) is 19.6 Å². The van der Waals surface area contributed by atoms with Crippen LogP contribution in [0, 0.1) is 5.82 Å². The van der Waals surface area contributed by atoms with E-state index in [1.54, 1.807) is 0 Å². The number of carbonyl (C=O) groups excluding carboxylic acids is 1. The summed E-state index contributed by atoms with van der Waals surface area (Å²) in [5, 5.41) is 0. The highest BCUT2D eigenvalue weighted by molar-refractivity contribution is 7.89. The Balaban J connectivity index is 2.91. The van der Waals surface area contributed by atoms with Gasteiger partial charge in [0.1, 0.15) is 0 Å². The number of halogens is 1. The Labute approximate surface area is 115 Å².